The molecule has 2 fully saturated rings. The van der Waals surface area contributed by atoms with Crippen molar-refractivity contribution in [3.8, 4) is 0 Å². The van der Waals surface area contributed by atoms with Crippen LogP contribution in [0.5, 0.6) is 0 Å². The Morgan fingerprint density at radius 2 is 1.66 bits per heavy atom. The van der Waals surface area contributed by atoms with E-state index >= 15 is 0 Å². The van der Waals surface area contributed by atoms with Crippen molar-refractivity contribution in [2.24, 2.45) is 0 Å². The van der Waals surface area contributed by atoms with E-state index in [9.17, 15) is 8.42 Å². The smallest absolute Gasteiger partial charge is 0.184 e. The molecule has 0 aromatic heterocycles. The summed E-state index contributed by atoms with van der Waals surface area (Å²) in [5, 5.41) is 0.773. The number of halogens is 1. The molecule has 0 amide bonds. The molecule has 1 saturated carbocycles. The zero-order chi connectivity index (χ0) is 20.3. The molecule has 2 aromatic rings. The molecule has 156 valence electrons. The van der Waals surface area contributed by atoms with E-state index < -0.39 is 14.6 Å². The van der Waals surface area contributed by atoms with Gasteiger partial charge in [0.2, 0.25) is 0 Å². The second-order valence-electron chi connectivity index (χ2n) is 8.27. The fourth-order valence-corrected chi connectivity index (χ4v) is 7.04. The maximum atomic E-state index is 13.2. The van der Waals surface area contributed by atoms with Gasteiger partial charge in [-0.2, -0.15) is 0 Å². The summed E-state index contributed by atoms with van der Waals surface area (Å²) < 4.78 is 25.9. The van der Waals surface area contributed by atoms with Gasteiger partial charge in [-0.3, -0.25) is 4.90 Å². The first-order chi connectivity index (χ1) is 14.0. The van der Waals surface area contributed by atoms with E-state index in [1.807, 2.05) is 36.4 Å². The highest BCUT2D eigenvalue weighted by atomic mass is 35.5. The van der Waals surface area contributed by atoms with Gasteiger partial charge in [-0.15, -0.1) is 0 Å². The molecule has 4 nitrogen and oxygen atoms in total. The maximum absolute atomic E-state index is 13.2. The molecule has 6 heteroatoms. The van der Waals surface area contributed by atoms with E-state index in [0.717, 1.165) is 69.9 Å². The molecular weight excluding hydrogens is 404 g/mol. The van der Waals surface area contributed by atoms with E-state index in [2.05, 4.69) is 15.9 Å². The summed E-state index contributed by atoms with van der Waals surface area (Å²) in [5.41, 5.74) is 1.18. The molecule has 2 aromatic carbocycles. The fraction of sp³-hybridized carbons (Fsp3) is 0.478. The highest BCUT2D eigenvalue weighted by Gasteiger charge is 2.48. The van der Waals surface area contributed by atoms with E-state index in [1.54, 1.807) is 12.1 Å². The third kappa shape index (κ3) is 4.32. The number of nitrogens with zero attached hydrogens (tertiary/aromatic N) is 2. The van der Waals surface area contributed by atoms with Crippen LogP contribution in [0.3, 0.4) is 0 Å². The summed E-state index contributed by atoms with van der Waals surface area (Å²) in [4.78, 5) is 5.31. The van der Waals surface area contributed by atoms with Gasteiger partial charge in [-0.1, -0.05) is 42.3 Å². The predicted molar refractivity (Wildman–Crippen MR) is 120 cm³/mol. The molecule has 1 aliphatic carbocycles. The van der Waals surface area contributed by atoms with Crippen molar-refractivity contribution in [2.45, 2.75) is 41.7 Å². The third-order valence-corrected chi connectivity index (χ3v) is 9.42. The van der Waals surface area contributed by atoms with Crippen molar-refractivity contribution in [1.82, 2.24) is 4.90 Å². The summed E-state index contributed by atoms with van der Waals surface area (Å²) >= 11 is 6.12. The Morgan fingerprint density at radius 1 is 0.931 bits per heavy atom. The Morgan fingerprint density at radius 3 is 2.28 bits per heavy atom. The minimum absolute atomic E-state index is 0.481. The summed E-state index contributed by atoms with van der Waals surface area (Å²) in [7, 11) is -3.25. The predicted octanol–water partition coefficient (Wildman–Crippen LogP) is 4.64. The summed E-state index contributed by atoms with van der Waals surface area (Å²) in [6.45, 7) is 4.94. The van der Waals surface area contributed by atoms with Crippen LogP contribution in [-0.2, 0) is 9.84 Å². The molecule has 0 N–H and O–H groups in total. The molecule has 0 bridgehead atoms. The monoisotopic (exact) mass is 432 g/mol. The molecule has 0 atom stereocenters. The molecule has 2 aliphatic rings. The van der Waals surface area contributed by atoms with Crippen molar-refractivity contribution in [1.29, 1.82) is 0 Å². The number of benzene rings is 2. The van der Waals surface area contributed by atoms with Crippen LogP contribution in [-0.4, -0.2) is 50.8 Å². The van der Waals surface area contributed by atoms with Crippen LogP contribution in [0.25, 0.3) is 0 Å². The van der Waals surface area contributed by atoms with Gasteiger partial charge in [0.25, 0.3) is 0 Å². The number of rotatable bonds is 7. The lowest BCUT2D eigenvalue weighted by Crippen LogP contribution is -2.48. The van der Waals surface area contributed by atoms with E-state index in [4.69, 9.17) is 11.6 Å². The lowest BCUT2D eigenvalue weighted by Gasteiger charge is -2.42. The highest BCUT2D eigenvalue weighted by molar-refractivity contribution is 7.93. The van der Waals surface area contributed by atoms with E-state index in [-0.39, 0.29) is 0 Å². The molecule has 0 spiro atoms. The first kappa shape index (κ1) is 20.7. The number of anilines is 1. The minimum atomic E-state index is -3.25. The second kappa shape index (κ2) is 8.66. The van der Waals surface area contributed by atoms with Crippen LogP contribution in [0.2, 0.25) is 5.02 Å². The van der Waals surface area contributed by atoms with Gasteiger partial charge in [0.15, 0.2) is 9.84 Å². The van der Waals surface area contributed by atoms with Crippen molar-refractivity contribution in [3.05, 3.63) is 59.6 Å². The molecular formula is C23H29ClN2O2S. The van der Waals surface area contributed by atoms with Gasteiger partial charge in [-0.25, -0.2) is 8.42 Å². The van der Waals surface area contributed by atoms with Gasteiger partial charge < -0.3 is 4.90 Å². The van der Waals surface area contributed by atoms with Crippen LogP contribution < -0.4 is 4.90 Å². The first-order valence-electron chi connectivity index (χ1n) is 10.5. The van der Waals surface area contributed by atoms with E-state index in [0.29, 0.717) is 4.90 Å². The maximum Gasteiger partial charge on any atom is 0.184 e. The number of piperazine rings is 1. The Labute approximate surface area is 179 Å². The van der Waals surface area contributed by atoms with Gasteiger partial charge in [0.1, 0.15) is 0 Å². The standard InChI is InChI=1S/C23H29ClN2O2S/c24-20-7-4-8-21(19-20)26-17-15-25(16-18-26)14-6-13-23(11-5-12-23)29(27,28)22-9-2-1-3-10-22/h1-4,7-10,19H,5-6,11-18H2. The average molecular weight is 433 g/mol. The van der Waals surface area contributed by atoms with Crippen LogP contribution in [0.1, 0.15) is 32.1 Å². The average Bonchev–Trinajstić information content (AvgIpc) is 2.71. The largest absolute Gasteiger partial charge is 0.369 e. The Balaban J connectivity index is 1.30. The molecule has 0 unspecified atom stereocenters. The first-order valence-corrected chi connectivity index (χ1v) is 12.4. The highest BCUT2D eigenvalue weighted by Crippen LogP contribution is 2.46. The normalized spacial score (nSPS) is 19.7. The summed E-state index contributed by atoms with van der Waals surface area (Å²) in [6, 6.07) is 17.0. The molecule has 0 radical (unpaired) electrons. The van der Waals surface area contributed by atoms with Crippen molar-refractivity contribution >= 4 is 27.1 Å². The third-order valence-electron chi connectivity index (χ3n) is 6.54. The number of hydrogen-bond acceptors (Lipinski definition) is 4. The van der Waals surface area contributed by atoms with Gasteiger partial charge in [0, 0.05) is 36.9 Å². The Bertz CT molecular complexity index is 921. The summed E-state index contributed by atoms with van der Waals surface area (Å²) in [5.74, 6) is 0. The zero-order valence-electron chi connectivity index (χ0n) is 16.8. The quantitative estimate of drug-likeness (QED) is 0.639. The summed E-state index contributed by atoms with van der Waals surface area (Å²) in [6.07, 6.45) is 4.31. The Kier molecular flexibility index (Phi) is 6.19. The number of hydrogen-bond donors (Lipinski definition) is 0. The topological polar surface area (TPSA) is 40.6 Å². The van der Waals surface area contributed by atoms with Gasteiger partial charge in [0.05, 0.1) is 9.64 Å². The minimum Gasteiger partial charge on any atom is -0.369 e. The number of sulfone groups is 1. The van der Waals surface area contributed by atoms with Crippen LogP contribution in [0.4, 0.5) is 5.69 Å². The fourth-order valence-electron chi connectivity index (χ4n) is 4.60. The second-order valence-corrected chi connectivity index (χ2v) is 11.0. The molecule has 29 heavy (non-hydrogen) atoms. The SMILES string of the molecule is O=S(=O)(c1ccccc1)C1(CCCN2CCN(c3cccc(Cl)c3)CC2)CCC1. The Hall–Kier alpha value is -1.56. The van der Waals surface area contributed by atoms with Crippen LogP contribution >= 0.6 is 11.6 Å². The lowest BCUT2D eigenvalue weighted by molar-refractivity contribution is 0.234. The van der Waals surface area contributed by atoms with Gasteiger partial charge in [-0.05, 0) is 62.6 Å². The van der Waals surface area contributed by atoms with E-state index in [1.165, 1.54) is 5.69 Å². The molecule has 4 rings (SSSR count). The van der Waals surface area contributed by atoms with Crippen LogP contribution in [0.15, 0.2) is 59.5 Å². The lowest BCUT2D eigenvalue weighted by atomic mass is 9.81. The van der Waals surface area contributed by atoms with Crippen molar-refractivity contribution in [3.63, 3.8) is 0 Å². The van der Waals surface area contributed by atoms with Crippen molar-refractivity contribution in [2.75, 3.05) is 37.6 Å². The molecule has 1 aliphatic heterocycles. The molecule has 1 saturated heterocycles. The van der Waals surface area contributed by atoms with Gasteiger partial charge >= 0.3 is 0 Å². The molecule has 1 heterocycles. The van der Waals surface area contributed by atoms with Crippen LogP contribution in [0, 0.1) is 0 Å². The zero-order valence-corrected chi connectivity index (χ0v) is 18.3. The van der Waals surface area contributed by atoms with Crippen molar-refractivity contribution < 1.29 is 8.42 Å².